The van der Waals surface area contributed by atoms with Crippen molar-refractivity contribution >= 4 is 51.0 Å². The Morgan fingerprint density at radius 3 is 2.73 bits per heavy atom. The lowest BCUT2D eigenvalue weighted by Gasteiger charge is -2.09. The van der Waals surface area contributed by atoms with Crippen LogP contribution < -0.4 is 10.9 Å². The van der Waals surface area contributed by atoms with E-state index >= 15 is 0 Å². The highest BCUT2D eigenvalue weighted by Crippen LogP contribution is 2.33. The van der Waals surface area contributed by atoms with Gasteiger partial charge in [-0.1, -0.05) is 18.7 Å². The lowest BCUT2D eigenvalue weighted by Crippen LogP contribution is -2.28. The fourth-order valence-corrected chi connectivity index (χ4v) is 4.34. The number of aromatic nitrogens is 4. The molecule has 0 aliphatic heterocycles. The molecular formula is C19H21N5O4S2. The van der Waals surface area contributed by atoms with E-state index in [4.69, 9.17) is 4.74 Å². The van der Waals surface area contributed by atoms with Crippen LogP contribution in [0.5, 0.6) is 0 Å². The lowest BCUT2D eigenvalue weighted by atomic mass is 10.1. The van der Waals surface area contributed by atoms with Crippen LogP contribution in [0.3, 0.4) is 0 Å². The Morgan fingerprint density at radius 2 is 2.03 bits per heavy atom. The molecule has 0 aliphatic carbocycles. The van der Waals surface area contributed by atoms with E-state index in [0.717, 1.165) is 16.2 Å². The van der Waals surface area contributed by atoms with Gasteiger partial charge in [-0.3, -0.25) is 14.2 Å². The summed E-state index contributed by atoms with van der Waals surface area (Å²) >= 11 is 2.74. The molecule has 0 aliphatic rings. The van der Waals surface area contributed by atoms with Crippen LogP contribution >= 0.6 is 23.1 Å². The van der Waals surface area contributed by atoms with Crippen LogP contribution in [0, 0.1) is 13.8 Å². The zero-order valence-corrected chi connectivity index (χ0v) is 18.6. The van der Waals surface area contributed by atoms with Crippen molar-refractivity contribution in [2.45, 2.75) is 39.4 Å². The number of hydrogen-bond donors (Lipinski definition) is 1. The first-order chi connectivity index (χ1) is 14.3. The van der Waals surface area contributed by atoms with Crippen LogP contribution in [-0.4, -0.2) is 43.8 Å². The second-order valence-electron chi connectivity index (χ2n) is 6.26. The van der Waals surface area contributed by atoms with Crippen LogP contribution in [0.4, 0.5) is 5.00 Å². The minimum Gasteiger partial charge on any atom is -0.462 e. The van der Waals surface area contributed by atoms with Gasteiger partial charge >= 0.3 is 5.97 Å². The molecule has 0 bridgehead atoms. The lowest BCUT2D eigenvalue weighted by molar-refractivity contribution is -0.116. The Balaban J connectivity index is 1.83. The van der Waals surface area contributed by atoms with Crippen LogP contribution in [0.2, 0.25) is 0 Å². The van der Waals surface area contributed by atoms with Crippen molar-refractivity contribution in [2.24, 2.45) is 0 Å². The highest BCUT2D eigenvalue weighted by atomic mass is 32.2. The molecule has 0 saturated carbocycles. The number of esters is 1. The maximum absolute atomic E-state index is 12.7. The van der Waals surface area contributed by atoms with Gasteiger partial charge in [-0.15, -0.1) is 11.3 Å². The number of fused-ring (bicyclic) bond motifs is 1. The first kappa shape index (κ1) is 21.9. The summed E-state index contributed by atoms with van der Waals surface area (Å²) < 4.78 is 6.28. The molecule has 158 valence electrons. The first-order valence-corrected chi connectivity index (χ1v) is 11.1. The Bertz CT molecular complexity index is 1170. The van der Waals surface area contributed by atoms with Gasteiger partial charge in [-0.25, -0.2) is 19.7 Å². The summed E-state index contributed by atoms with van der Waals surface area (Å²) in [7, 11) is 0. The molecule has 1 amide bonds. The number of amides is 1. The van der Waals surface area contributed by atoms with Gasteiger partial charge in [0.15, 0.2) is 10.8 Å². The molecule has 3 aromatic heterocycles. The van der Waals surface area contributed by atoms with Crippen LogP contribution in [0.1, 0.15) is 34.6 Å². The molecule has 3 aromatic rings. The van der Waals surface area contributed by atoms with Crippen LogP contribution in [0.15, 0.2) is 22.5 Å². The van der Waals surface area contributed by atoms with Gasteiger partial charge in [-0.2, -0.15) is 0 Å². The Kier molecular flexibility index (Phi) is 6.83. The fraction of sp³-hybridized carbons (Fsp3) is 0.368. The van der Waals surface area contributed by atoms with Gasteiger partial charge in [0.2, 0.25) is 5.91 Å². The van der Waals surface area contributed by atoms with E-state index in [1.54, 1.807) is 13.8 Å². The molecule has 0 unspecified atom stereocenters. The van der Waals surface area contributed by atoms with Gasteiger partial charge in [0.1, 0.15) is 23.3 Å². The second-order valence-corrected chi connectivity index (χ2v) is 8.71. The zero-order valence-electron chi connectivity index (χ0n) is 17.0. The van der Waals surface area contributed by atoms with Gasteiger partial charge in [-0.05, 0) is 32.1 Å². The van der Waals surface area contributed by atoms with E-state index in [1.807, 2.05) is 13.8 Å². The van der Waals surface area contributed by atoms with E-state index in [-0.39, 0.29) is 24.2 Å². The topological polar surface area (TPSA) is 116 Å². The molecule has 0 radical (unpaired) electrons. The predicted octanol–water partition coefficient (Wildman–Crippen LogP) is 2.79. The first-order valence-electron chi connectivity index (χ1n) is 9.27. The summed E-state index contributed by atoms with van der Waals surface area (Å²) in [5, 5.41) is 3.90. The van der Waals surface area contributed by atoms with Gasteiger partial charge in [0, 0.05) is 11.1 Å². The average Bonchev–Trinajstić information content (AvgIpc) is 2.98. The number of nitrogens with one attached hydrogen (secondary N) is 1. The van der Waals surface area contributed by atoms with Crippen molar-refractivity contribution in [3.63, 3.8) is 0 Å². The van der Waals surface area contributed by atoms with Crippen molar-refractivity contribution in [2.75, 3.05) is 17.7 Å². The molecule has 30 heavy (non-hydrogen) atoms. The average molecular weight is 448 g/mol. The summed E-state index contributed by atoms with van der Waals surface area (Å²) in [6.07, 6.45) is 2.71. The summed E-state index contributed by atoms with van der Waals surface area (Å²) in [6, 6.07) is 0. The molecule has 0 spiro atoms. The number of hydrogen-bond acceptors (Lipinski definition) is 9. The van der Waals surface area contributed by atoms with E-state index in [2.05, 4.69) is 20.3 Å². The highest BCUT2D eigenvalue weighted by Gasteiger charge is 2.22. The number of nitrogens with zero attached hydrogens (tertiary/aromatic N) is 4. The highest BCUT2D eigenvalue weighted by molar-refractivity contribution is 7.99. The number of ether oxygens (including phenoxy) is 1. The van der Waals surface area contributed by atoms with Crippen molar-refractivity contribution in [1.29, 1.82) is 0 Å². The SMILES string of the molecule is CCOC(=O)c1c(NC(=O)Cn2cnc3nc(SCC)ncc3c2=O)sc(C)c1C. The minimum atomic E-state index is -0.489. The van der Waals surface area contributed by atoms with Crippen LogP contribution in [-0.2, 0) is 16.1 Å². The number of thioether (sulfide) groups is 1. The molecule has 3 heterocycles. The molecule has 0 saturated heterocycles. The molecule has 3 rings (SSSR count). The van der Waals surface area contributed by atoms with E-state index in [0.29, 0.717) is 15.7 Å². The van der Waals surface area contributed by atoms with E-state index in [9.17, 15) is 14.4 Å². The van der Waals surface area contributed by atoms with Crippen molar-refractivity contribution in [3.05, 3.63) is 38.9 Å². The molecule has 0 atom stereocenters. The molecular weight excluding hydrogens is 426 g/mol. The van der Waals surface area contributed by atoms with Gasteiger partial charge in [0.05, 0.1) is 12.2 Å². The maximum Gasteiger partial charge on any atom is 0.341 e. The Morgan fingerprint density at radius 1 is 1.27 bits per heavy atom. The van der Waals surface area contributed by atoms with Crippen molar-refractivity contribution < 1.29 is 14.3 Å². The van der Waals surface area contributed by atoms with Gasteiger partial charge < -0.3 is 10.1 Å². The third-order valence-corrected chi connectivity index (χ3v) is 6.13. The number of thiophene rings is 1. The Hall–Kier alpha value is -2.79. The number of carbonyl (C=O) groups is 2. The molecule has 0 aromatic carbocycles. The molecule has 1 N–H and O–H groups in total. The van der Waals surface area contributed by atoms with Gasteiger partial charge in [0.25, 0.3) is 5.56 Å². The zero-order chi connectivity index (χ0) is 21.8. The third kappa shape index (κ3) is 4.51. The van der Waals surface area contributed by atoms with Crippen molar-refractivity contribution in [1.82, 2.24) is 19.5 Å². The fourth-order valence-electron chi connectivity index (χ4n) is 2.73. The standard InChI is InChI=1S/C19H21N5O4S2/c1-5-28-18(27)14-10(3)11(4)30-16(14)22-13(25)8-24-9-21-15-12(17(24)26)7-20-19(23-15)29-6-2/h7,9H,5-6,8H2,1-4H3,(H,22,25). The quantitative estimate of drug-likeness (QED) is 0.334. The monoisotopic (exact) mass is 447 g/mol. The van der Waals surface area contributed by atoms with Crippen molar-refractivity contribution in [3.8, 4) is 0 Å². The van der Waals surface area contributed by atoms with E-state index < -0.39 is 17.4 Å². The number of rotatable bonds is 7. The van der Waals surface area contributed by atoms with Crippen LogP contribution in [0.25, 0.3) is 11.0 Å². The Labute approximate surface area is 180 Å². The predicted molar refractivity (Wildman–Crippen MR) is 116 cm³/mol. The maximum atomic E-state index is 12.7. The minimum absolute atomic E-state index is 0.235. The normalized spacial score (nSPS) is 10.9. The number of anilines is 1. The largest absolute Gasteiger partial charge is 0.462 e. The van der Waals surface area contributed by atoms with E-state index in [1.165, 1.54) is 40.2 Å². The molecule has 11 heteroatoms. The summed E-state index contributed by atoms with van der Waals surface area (Å²) in [6.45, 7) is 7.34. The molecule has 9 nitrogen and oxygen atoms in total. The number of aryl methyl sites for hydroxylation is 1. The smallest absolute Gasteiger partial charge is 0.341 e. The number of carbonyl (C=O) groups excluding carboxylic acids is 2. The third-order valence-electron chi connectivity index (χ3n) is 4.26. The summed E-state index contributed by atoms with van der Waals surface area (Å²) in [5.74, 6) is -0.140. The molecule has 0 fully saturated rings. The summed E-state index contributed by atoms with van der Waals surface area (Å²) in [5.41, 5.74) is 0.978. The summed E-state index contributed by atoms with van der Waals surface area (Å²) in [4.78, 5) is 51.0. The second kappa shape index (κ2) is 9.35.